The van der Waals surface area contributed by atoms with E-state index in [2.05, 4.69) is 4.98 Å². The molecule has 56 heavy (non-hydrogen) atoms. The number of allylic oxidation sites excluding steroid dienone is 2. The van der Waals surface area contributed by atoms with E-state index >= 15 is 9.18 Å². The van der Waals surface area contributed by atoms with Gasteiger partial charge in [-0.1, -0.05) is 83.9 Å². The van der Waals surface area contributed by atoms with Crippen molar-refractivity contribution in [1.82, 2.24) is 4.98 Å². The van der Waals surface area contributed by atoms with E-state index in [4.69, 9.17) is 16.0 Å². The number of aromatic hydroxyl groups is 1. The third kappa shape index (κ3) is 4.75. The molecular formula is C45H31ClFN3O6. The number of anilines is 2. The molecule has 0 bridgehead atoms. The quantitative estimate of drug-likeness (QED) is 0.138. The highest BCUT2D eigenvalue weighted by Gasteiger charge is 2.70. The van der Waals surface area contributed by atoms with Gasteiger partial charge in [-0.15, -0.1) is 0 Å². The molecule has 4 amide bonds. The van der Waals surface area contributed by atoms with Gasteiger partial charge < -0.3 is 9.52 Å². The largest absolute Gasteiger partial charge is 0.505 e. The first-order valence-corrected chi connectivity index (χ1v) is 18.8. The van der Waals surface area contributed by atoms with Crippen LogP contribution in [0, 0.1) is 29.5 Å². The van der Waals surface area contributed by atoms with Gasteiger partial charge in [-0.2, -0.15) is 0 Å². The minimum Gasteiger partial charge on any atom is -0.505 e. The van der Waals surface area contributed by atoms with E-state index in [0.717, 1.165) is 11.0 Å². The molecule has 1 saturated carbocycles. The Morgan fingerprint density at radius 1 is 0.768 bits per heavy atom. The molecule has 5 aromatic carbocycles. The second-order valence-corrected chi connectivity index (χ2v) is 15.3. The van der Waals surface area contributed by atoms with E-state index in [1.165, 1.54) is 17.0 Å². The Balaban J connectivity index is 1.10. The standard InChI is InChI=1S/C45H31ClFN3O6/c46-26-10-6-11-28(22-26)50-42(53)33-23-32-29(38(31-12-7-13-34(47)39(31)51)45(33,44(50)55)25-8-2-1-3-9-25)20-21-30-37(32)43(54)49(41(30)52)27-18-16-24(17-19-27)40-48-35-14-4-5-15-36(35)56-40/h1-20,22,30,32-33,37-38,51H,21,23H2. The summed E-state index contributed by atoms with van der Waals surface area (Å²) in [4.78, 5) is 66.1. The highest BCUT2D eigenvalue weighted by atomic mass is 35.5. The highest BCUT2D eigenvalue weighted by Crippen LogP contribution is 2.65. The monoisotopic (exact) mass is 763 g/mol. The van der Waals surface area contributed by atoms with Crippen molar-refractivity contribution in [2.45, 2.75) is 24.2 Å². The van der Waals surface area contributed by atoms with Gasteiger partial charge in [-0.05, 0) is 85.0 Å². The Hall–Kier alpha value is -6.39. The number of aromatic nitrogens is 1. The van der Waals surface area contributed by atoms with Crippen LogP contribution in [0.1, 0.15) is 29.9 Å². The van der Waals surface area contributed by atoms with Gasteiger partial charge in [0.25, 0.3) is 0 Å². The van der Waals surface area contributed by atoms with Crippen molar-refractivity contribution in [2.24, 2.45) is 23.7 Å². The Kier molecular flexibility index (Phi) is 7.66. The van der Waals surface area contributed by atoms with E-state index in [9.17, 15) is 19.5 Å². The first-order valence-electron chi connectivity index (χ1n) is 18.4. The fourth-order valence-electron chi connectivity index (χ4n) is 9.86. The van der Waals surface area contributed by atoms with Gasteiger partial charge in [0.1, 0.15) is 5.52 Å². The lowest BCUT2D eigenvalue weighted by Crippen LogP contribution is -2.53. The van der Waals surface area contributed by atoms with Crippen molar-refractivity contribution in [2.75, 3.05) is 9.80 Å². The Labute approximate surface area is 324 Å². The smallest absolute Gasteiger partial charge is 0.246 e. The molecule has 0 radical (unpaired) electrons. The highest BCUT2D eigenvalue weighted by molar-refractivity contribution is 6.32. The number of oxazole rings is 1. The van der Waals surface area contributed by atoms with Gasteiger partial charge in [-0.3, -0.25) is 24.1 Å². The summed E-state index contributed by atoms with van der Waals surface area (Å²) < 4.78 is 21.3. The molecular weight excluding hydrogens is 733 g/mol. The maximum atomic E-state index is 15.4. The van der Waals surface area contributed by atoms with Gasteiger partial charge in [0, 0.05) is 22.1 Å². The van der Waals surface area contributed by atoms with Crippen LogP contribution in [0.4, 0.5) is 15.8 Å². The number of hydrogen-bond acceptors (Lipinski definition) is 7. The van der Waals surface area contributed by atoms with Crippen LogP contribution >= 0.6 is 11.6 Å². The maximum Gasteiger partial charge on any atom is 0.246 e. The molecule has 1 aromatic heterocycles. The number of imide groups is 2. The third-order valence-electron chi connectivity index (χ3n) is 12.2. The number of hydrogen-bond donors (Lipinski definition) is 1. The summed E-state index contributed by atoms with van der Waals surface area (Å²) in [5.74, 6) is -7.43. The average molecular weight is 764 g/mol. The number of phenols is 1. The molecule has 1 N–H and O–H groups in total. The summed E-state index contributed by atoms with van der Waals surface area (Å²) in [5, 5.41) is 11.8. The first kappa shape index (κ1) is 34.1. The second kappa shape index (κ2) is 12.6. The molecule has 276 valence electrons. The summed E-state index contributed by atoms with van der Waals surface area (Å²) in [6, 6.07) is 33.7. The molecule has 11 heteroatoms. The van der Waals surface area contributed by atoms with E-state index in [1.807, 2.05) is 30.3 Å². The predicted octanol–water partition coefficient (Wildman–Crippen LogP) is 8.36. The summed E-state index contributed by atoms with van der Waals surface area (Å²) in [7, 11) is 0. The number of carbonyl (C=O) groups excluding carboxylic acids is 4. The van der Waals surface area contributed by atoms with Gasteiger partial charge in [-0.25, -0.2) is 14.3 Å². The first-order chi connectivity index (χ1) is 27.2. The van der Waals surface area contributed by atoms with E-state index in [1.54, 1.807) is 78.9 Å². The number of rotatable bonds is 5. The summed E-state index contributed by atoms with van der Waals surface area (Å²) in [6.07, 6.45) is 2.09. The van der Waals surface area contributed by atoms with E-state index < -0.39 is 64.3 Å². The number of benzene rings is 5. The Morgan fingerprint density at radius 2 is 1.52 bits per heavy atom. The third-order valence-corrected chi connectivity index (χ3v) is 12.4. The zero-order valence-electron chi connectivity index (χ0n) is 29.5. The zero-order chi connectivity index (χ0) is 38.5. The molecule has 0 spiro atoms. The molecule has 6 aromatic rings. The number of amides is 4. The van der Waals surface area contributed by atoms with Gasteiger partial charge in [0.2, 0.25) is 29.5 Å². The van der Waals surface area contributed by atoms with Crippen LogP contribution in [0.2, 0.25) is 5.02 Å². The normalized spacial score (nSPS) is 25.7. The molecule has 2 saturated heterocycles. The Bertz CT molecular complexity index is 2640. The molecule has 6 unspecified atom stereocenters. The molecule has 3 fully saturated rings. The lowest BCUT2D eigenvalue weighted by atomic mass is 9.49. The van der Waals surface area contributed by atoms with Crippen molar-refractivity contribution in [3.8, 4) is 17.2 Å². The number of fused-ring (bicyclic) bond motifs is 5. The van der Waals surface area contributed by atoms with Crippen molar-refractivity contribution in [3.05, 3.63) is 155 Å². The van der Waals surface area contributed by atoms with Crippen molar-refractivity contribution in [3.63, 3.8) is 0 Å². The molecule has 2 aliphatic carbocycles. The summed E-state index contributed by atoms with van der Waals surface area (Å²) >= 11 is 6.38. The fourth-order valence-corrected chi connectivity index (χ4v) is 10.0. The number of halogens is 2. The summed E-state index contributed by atoms with van der Waals surface area (Å²) in [6.45, 7) is 0. The fraction of sp³-hybridized carbons (Fsp3) is 0.178. The average Bonchev–Trinajstić information content (AvgIpc) is 3.83. The molecule has 2 aliphatic heterocycles. The summed E-state index contributed by atoms with van der Waals surface area (Å²) in [5.41, 5.74) is 2.25. The second-order valence-electron chi connectivity index (χ2n) is 14.8. The lowest BCUT2D eigenvalue weighted by molar-refractivity contribution is -0.127. The van der Waals surface area contributed by atoms with Crippen LogP contribution in [-0.4, -0.2) is 33.7 Å². The van der Waals surface area contributed by atoms with Crippen LogP contribution in [-0.2, 0) is 24.6 Å². The van der Waals surface area contributed by atoms with Gasteiger partial charge >= 0.3 is 0 Å². The van der Waals surface area contributed by atoms with Gasteiger partial charge in [0.15, 0.2) is 17.1 Å². The molecule has 4 aliphatic rings. The molecule has 9 nitrogen and oxygen atoms in total. The zero-order valence-corrected chi connectivity index (χ0v) is 30.3. The topological polar surface area (TPSA) is 121 Å². The number of phenolic OH excluding ortho intramolecular Hbond substituents is 1. The van der Waals surface area contributed by atoms with Crippen molar-refractivity contribution in [1.29, 1.82) is 0 Å². The molecule has 6 atom stereocenters. The minimum absolute atomic E-state index is 0.0552. The van der Waals surface area contributed by atoms with Crippen LogP contribution < -0.4 is 9.80 Å². The minimum atomic E-state index is -1.65. The van der Waals surface area contributed by atoms with Crippen LogP contribution in [0.25, 0.3) is 22.6 Å². The van der Waals surface area contributed by atoms with Crippen molar-refractivity contribution >= 4 is 57.7 Å². The molecule has 3 heterocycles. The number of nitrogens with zero attached hydrogens (tertiary/aromatic N) is 3. The van der Waals surface area contributed by atoms with Gasteiger partial charge in [0.05, 0.1) is 34.5 Å². The van der Waals surface area contributed by atoms with Crippen molar-refractivity contribution < 1.29 is 33.1 Å². The van der Waals surface area contributed by atoms with Crippen LogP contribution in [0.15, 0.2) is 137 Å². The van der Waals surface area contributed by atoms with E-state index in [-0.39, 0.29) is 30.0 Å². The lowest BCUT2D eigenvalue weighted by Gasteiger charge is -2.50. The maximum absolute atomic E-state index is 15.4. The predicted molar refractivity (Wildman–Crippen MR) is 206 cm³/mol. The number of para-hydroxylation sites is 3. The van der Waals surface area contributed by atoms with Crippen LogP contribution in [0.3, 0.4) is 0 Å². The molecule has 10 rings (SSSR count). The Morgan fingerprint density at radius 3 is 2.29 bits per heavy atom. The van der Waals surface area contributed by atoms with E-state index in [0.29, 0.717) is 44.4 Å². The number of carbonyl (C=O) groups is 4. The SMILES string of the molecule is O=C1C2CC=C3C(CC4C(=O)N(c5cccc(Cl)c5)C(=O)C4(c4ccccc4)C3c3cccc(F)c3O)C2C(=O)N1c1ccc(-c2nc3ccccc3o2)cc1. The van der Waals surface area contributed by atoms with Crippen LogP contribution in [0.5, 0.6) is 5.75 Å².